The molecule has 0 spiro atoms. The third-order valence-electron chi connectivity index (χ3n) is 8.22. The lowest BCUT2D eigenvalue weighted by Crippen LogP contribution is -2.66. The molecule has 0 bridgehead atoms. The van der Waals surface area contributed by atoms with Crippen LogP contribution in [0, 0.1) is 5.92 Å². The number of fused-ring (bicyclic) bond motifs is 1. The van der Waals surface area contributed by atoms with Crippen LogP contribution in [0.25, 0.3) is 5.65 Å². The number of aromatic nitrogens is 3. The first-order chi connectivity index (χ1) is 21.4. The van der Waals surface area contributed by atoms with Gasteiger partial charge in [0, 0.05) is 55.6 Å². The van der Waals surface area contributed by atoms with Gasteiger partial charge in [0.15, 0.2) is 11.3 Å². The fourth-order valence-corrected chi connectivity index (χ4v) is 5.62. The highest BCUT2D eigenvalue weighted by atomic mass is 19.1. The standard InChI is InChI=1S/C32H41FN8O4/c1-31(2,3)45-30(43)40-19-32(33,20-40)18-39-11-7-23(8-12-39)36-15-22-13-26(27(14-25(22)34)44-17-21-5-6-21)38-29(42)24-16-37-41-10-4-9-35-28(24)41/h4,9-10,13-16,21,23H,5-8,11-12,17-20,34H2,1-3H3,(H,38,42). The summed E-state index contributed by atoms with van der Waals surface area (Å²) in [5, 5.41) is 7.18. The minimum absolute atomic E-state index is 0.0480. The van der Waals surface area contributed by atoms with Crippen molar-refractivity contribution in [2.24, 2.45) is 10.9 Å². The molecule has 12 nitrogen and oxygen atoms in total. The molecule has 4 heterocycles. The monoisotopic (exact) mass is 620 g/mol. The summed E-state index contributed by atoms with van der Waals surface area (Å²) in [6, 6.07) is 5.32. The highest BCUT2D eigenvalue weighted by Crippen LogP contribution is 2.35. The zero-order valence-corrected chi connectivity index (χ0v) is 26.0. The van der Waals surface area contributed by atoms with Crippen LogP contribution >= 0.6 is 0 Å². The van der Waals surface area contributed by atoms with Gasteiger partial charge in [-0.15, -0.1) is 0 Å². The molecule has 13 heteroatoms. The molecule has 2 amide bonds. The summed E-state index contributed by atoms with van der Waals surface area (Å²) in [6.07, 6.45) is 9.91. The maximum absolute atomic E-state index is 15.3. The van der Waals surface area contributed by atoms with Crippen LogP contribution in [0.5, 0.6) is 5.75 Å². The molecule has 1 aromatic carbocycles. The van der Waals surface area contributed by atoms with Crippen molar-refractivity contribution < 1.29 is 23.5 Å². The number of alkyl halides is 1. The van der Waals surface area contributed by atoms with Crippen LogP contribution in [0.1, 0.15) is 62.4 Å². The fraction of sp³-hybridized carbons (Fsp3) is 0.531. The predicted molar refractivity (Wildman–Crippen MR) is 169 cm³/mol. The van der Waals surface area contributed by atoms with Gasteiger partial charge in [0.2, 0.25) is 0 Å². The number of nitrogens with one attached hydrogen (secondary N) is 1. The van der Waals surface area contributed by atoms with Gasteiger partial charge in [-0.05, 0) is 64.5 Å². The van der Waals surface area contributed by atoms with Crippen molar-refractivity contribution in [2.45, 2.75) is 63.8 Å². The van der Waals surface area contributed by atoms with E-state index in [1.54, 1.807) is 62.1 Å². The number of ether oxygens (including phenoxy) is 2. The minimum Gasteiger partial charge on any atom is -0.491 e. The first-order valence-electron chi connectivity index (χ1n) is 15.5. The highest BCUT2D eigenvalue weighted by molar-refractivity contribution is 6.09. The average Bonchev–Trinajstić information content (AvgIpc) is 3.70. The van der Waals surface area contributed by atoms with Crippen LogP contribution in [-0.2, 0) is 4.74 Å². The van der Waals surface area contributed by atoms with Crippen molar-refractivity contribution >= 4 is 35.2 Å². The number of amides is 2. The quantitative estimate of drug-likeness (QED) is 0.268. The number of likely N-dealkylation sites (tertiary alicyclic amines) is 2. The van der Waals surface area contributed by atoms with E-state index in [9.17, 15) is 9.59 Å². The van der Waals surface area contributed by atoms with Gasteiger partial charge in [-0.2, -0.15) is 5.10 Å². The number of anilines is 2. The molecule has 3 fully saturated rings. The van der Waals surface area contributed by atoms with Crippen LogP contribution in [0.2, 0.25) is 0 Å². The first-order valence-corrected chi connectivity index (χ1v) is 15.5. The fourth-order valence-electron chi connectivity index (χ4n) is 5.62. The molecule has 1 saturated carbocycles. The Bertz CT molecular complexity index is 1580. The van der Waals surface area contributed by atoms with E-state index in [0.717, 1.165) is 25.7 Å². The number of nitrogen functional groups attached to an aromatic ring is 1. The van der Waals surface area contributed by atoms with Gasteiger partial charge in [-0.25, -0.2) is 18.7 Å². The van der Waals surface area contributed by atoms with Gasteiger partial charge >= 0.3 is 6.09 Å². The van der Waals surface area contributed by atoms with Gasteiger partial charge < -0.3 is 25.4 Å². The Hall–Kier alpha value is -4.26. The number of benzene rings is 1. The number of halogens is 1. The number of piperidine rings is 1. The smallest absolute Gasteiger partial charge is 0.410 e. The van der Waals surface area contributed by atoms with Crippen molar-refractivity contribution in [3.63, 3.8) is 0 Å². The zero-order valence-electron chi connectivity index (χ0n) is 26.0. The summed E-state index contributed by atoms with van der Waals surface area (Å²) in [7, 11) is 0. The second-order valence-corrected chi connectivity index (χ2v) is 13.4. The molecular formula is C32H41FN8O4. The lowest BCUT2D eigenvalue weighted by molar-refractivity contribution is -0.0659. The Labute approximate surface area is 261 Å². The van der Waals surface area contributed by atoms with E-state index in [4.69, 9.17) is 20.2 Å². The van der Waals surface area contributed by atoms with E-state index in [-0.39, 0.29) is 31.6 Å². The van der Waals surface area contributed by atoms with E-state index in [1.165, 1.54) is 11.1 Å². The summed E-state index contributed by atoms with van der Waals surface area (Å²) in [5.41, 5.74) is 6.85. The molecule has 3 N–H and O–H groups in total. The van der Waals surface area contributed by atoms with Crippen molar-refractivity contribution in [2.75, 3.05) is 50.4 Å². The maximum Gasteiger partial charge on any atom is 0.410 e. The first kappa shape index (κ1) is 30.8. The lowest BCUT2D eigenvalue weighted by Gasteiger charge is -2.47. The minimum atomic E-state index is -1.43. The van der Waals surface area contributed by atoms with E-state index in [0.29, 0.717) is 59.5 Å². The van der Waals surface area contributed by atoms with Crippen molar-refractivity contribution in [3.8, 4) is 5.75 Å². The summed E-state index contributed by atoms with van der Waals surface area (Å²) in [4.78, 5) is 38.1. The number of hydrogen-bond donors (Lipinski definition) is 2. The molecule has 1 aliphatic carbocycles. The van der Waals surface area contributed by atoms with Gasteiger partial charge in [-0.1, -0.05) is 0 Å². The Kier molecular flexibility index (Phi) is 8.38. The Morgan fingerprint density at radius 1 is 1.20 bits per heavy atom. The predicted octanol–water partition coefficient (Wildman–Crippen LogP) is 4.19. The second kappa shape index (κ2) is 12.3. The summed E-state index contributed by atoms with van der Waals surface area (Å²) >= 11 is 0. The third-order valence-corrected chi connectivity index (χ3v) is 8.22. The van der Waals surface area contributed by atoms with Crippen molar-refractivity contribution in [3.05, 3.63) is 47.9 Å². The number of rotatable bonds is 9. The van der Waals surface area contributed by atoms with E-state index in [1.807, 2.05) is 0 Å². The second-order valence-electron chi connectivity index (χ2n) is 13.4. The van der Waals surface area contributed by atoms with Crippen LogP contribution in [0.4, 0.5) is 20.6 Å². The van der Waals surface area contributed by atoms with E-state index >= 15 is 4.39 Å². The highest BCUT2D eigenvalue weighted by Gasteiger charge is 2.48. The van der Waals surface area contributed by atoms with Crippen LogP contribution < -0.4 is 15.8 Å². The maximum atomic E-state index is 15.3. The number of hydrogen-bond acceptors (Lipinski definition) is 9. The summed E-state index contributed by atoms with van der Waals surface area (Å²) in [6.45, 7) is 7.75. The zero-order chi connectivity index (χ0) is 31.8. The van der Waals surface area contributed by atoms with E-state index < -0.39 is 17.4 Å². The molecule has 3 aliphatic rings. The molecule has 45 heavy (non-hydrogen) atoms. The number of aliphatic imine (C=N–C) groups is 1. The van der Waals surface area contributed by atoms with Crippen LogP contribution in [-0.4, -0.2) is 99.3 Å². The van der Waals surface area contributed by atoms with Gasteiger partial charge in [0.25, 0.3) is 5.91 Å². The van der Waals surface area contributed by atoms with Crippen molar-refractivity contribution in [1.29, 1.82) is 0 Å². The molecule has 6 rings (SSSR count). The molecule has 0 unspecified atom stereocenters. The Balaban J connectivity index is 1.07. The molecule has 3 aromatic rings. The van der Waals surface area contributed by atoms with Crippen LogP contribution in [0.3, 0.4) is 0 Å². The summed E-state index contributed by atoms with van der Waals surface area (Å²) < 4.78 is 28.2. The molecule has 2 aliphatic heterocycles. The SMILES string of the molecule is CC(C)(C)OC(=O)N1CC(F)(CN2CCC(N=Cc3cc(NC(=O)c4cnn5cccnc45)c(OCC4CC4)cc3N)CC2)C1. The average molecular weight is 621 g/mol. The lowest BCUT2D eigenvalue weighted by atomic mass is 9.94. The van der Waals surface area contributed by atoms with Crippen molar-refractivity contribution in [1.82, 2.24) is 24.4 Å². The molecule has 0 radical (unpaired) electrons. The number of nitrogens with zero attached hydrogens (tertiary/aromatic N) is 6. The molecule has 2 aromatic heterocycles. The number of carbonyl (C=O) groups excluding carboxylic acids is 2. The molecule has 0 atom stereocenters. The Morgan fingerprint density at radius 2 is 1.96 bits per heavy atom. The topological polar surface area (TPSA) is 140 Å². The van der Waals surface area contributed by atoms with Gasteiger partial charge in [-0.3, -0.25) is 14.7 Å². The van der Waals surface area contributed by atoms with Gasteiger partial charge in [0.05, 0.1) is 37.6 Å². The third kappa shape index (κ3) is 7.52. The van der Waals surface area contributed by atoms with Gasteiger partial charge in [0.1, 0.15) is 16.9 Å². The number of carbonyl (C=O) groups is 2. The molecule has 240 valence electrons. The molecule has 2 saturated heterocycles. The van der Waals surface area contributed by atoms with Crippen LogP contribution in [0.15, 0.2) is 41.8 Å². The number of nitrogens with two attached hydrogens (primary N) is 1. The largest absolute Gasteiger partial charge is 0.491 e. The van der Waals surface area contributed by atoms with E-state index in [2.05, 4.69) is 20.3 Å². The molecular weight excluding hydrogens is 579 g/mol. The Morgan fingerprint density at radius 3 is 2.67 bits per heavy atom. The summed E-state index contributed by atoms with van der Waals surface area (Å²) in [5.74, 6) is 0.668. The normalized spacial score (nSPS) is 19.1.